The molecule has 7 nitrogen and oxygen atoms in total. The Labute approximate surface area is 238 Å². The highest BCUT2D eigenvalue weighted by Gasteiger charge is 2.42. The number of methoxy groups -OCH3 is 1. The molecule has 1 aliphatic rings. The van der Waals surface area contributed by atoms with E-state index in [0.717, 1.165) is 45.3 Å². The molecule has 0 aliphatic carbocycles. The fourth-order valence-corrected chi connectivity index (χ4v) is 5.83. The molecule has 4 aromatic rings. The SMILES string of the molecule is COCC(=O)Nc1ccc(N2C(=S)NC(c3ccccn3)C2c2cc(C)n(-c3cccc(Cl)c3)c2C)cc1C. The number of carbonyl (C=O) groups excluding carboxylic acids is 1. The van der Waals surface area contributed by atoms with Crippen LogP contribution >= 0.6 is 23.8 Å². The van der Waals surface area contributed by atoms with E-state index in [1.165, 1.54) is 7.11 Å². The lowest BCUT2D eigenvalue weighted by Gasteiger charge is -2.29. The molecule has 0 bridgehead atoms. The Morgan fingerprint density at radius 2 is 1.90 bits per heavy atom. The molecule has 1 amide bonds. The molecule has 3 heterocycles. The van der Waals surface area contributed by atoms with E-state index >= 15 is 0 Å². The molecule has 1 saturated heterocycles. The third kappa shape index (κ3) is 5.28. The minimum absolute atomic E-state index is 0.00258. The van der Waals surface area contributed by atoms with Gasteiger partial charge < -0.3 is 24.8 Å². The summed E-state index contributed by atoms with van der Waals surface area (Å²) in [5, 5.41) is 7.74. The van der Waals surface area contributed by atoms with Crippen LogP contribution in [0.2, 0.25) is 5.02 Å². The van der Waals surface area contributed by atoms with Crippen molar-refractivity contribution in [2.75, 3.05) is 23.9 Å². The number of amides is 1. The van der Waals surface area contributed by atoms with Crippen molar-refractivity contribution in [2.45, 2.75) is 32.9 Å². The Hall–Kier alpha value is -3.72. The Kier molecular flexibility index (Phi) is 7.70. The van der Waals surface area contributed by atoms with Crippen molar-refractivity contribution in [1.29, 1.82) is 0 Å². The maximum absolute atomic E-state index is 12.1. The molecule has 39 heavy (non-hydrogen) atoms. The largest absolute Gasteiger partial charge is 0.375 e. The molecule has 2 unspecified atom stereocenters. The summed E-state index contributed by atoms with van der Waals surface area (Å²) < 4.78 is 7.17. The zero-order chi connectivity index (χ0) is 27.7. The molecular weight excluding hydrogens is 530 g/mol. The van der Waals surface area contributed by atoms with Gasteiger partial charge in [-0.05, 0) is 98.7 Å². The van der Waals surface area contributed by atoms with Crippen molar-refractivity contribution in [2.24, 2.45) is 0 Å². The summed E-state index contributed by atoms with van der Waals surface area (Å²) >= 11 is 12.3. The Morgan fingerprint density at radius 1 is 1.08 bits per heavy atom. The Bertz CT molecular complexity index is 1540. The van der Waals surface area contributed by atoms with Crippen LogP contribution in [-0.2, 0) is 9.53 Å². The van der Waals surface area contributed by atoms with Crippen LogP contribution in [0.1, 0.15) is 40.3 Å². The molecule has 200 valence electrons. The number of aromatic nitrogens is 2. The van der Waals surface area contributed by atoms with Crippen LogP contribution in [0.4, 0.5) is 11.4 Å². The van der Waals surface area contributed by atoms with Gasteiger partial charge in [0, 0.05) is 46.8 Å². The van der Waals surface area contributed by atoms with E-state index in [4.69, 9.17) is 28.6 Å². The first kappa shape index (κ1) is 26.9. The number of anilines is 2. The Balaban J connectivity index is 1.61. The number of pyridine rings is 1. The van der Waals surface area contributed by atoms with E-state index in [9.17, 15) is 4.79 Å². The average molecular weight is 560 g/mol. The molecule has 2 N–H and O–H groups in total. The minimum atomic E-state index is -0.201. The van der Waals surface area contributed by atoms with Crippen molar-refractivity contribution >= 4 is 46.2 Å². The van der Waals surface area contributed by atoms with Gasteiger partial charge in [0.05, 0.1) is 17.8 Å². The van der Waals surface area contributed by atoms with Gasteiger partial charge in [-0.3, -0.25) is 9.78 Å². The fraction of sp³-hybridized carbons (Fsp3) is 0.233. The quantitative estimate of drug-likeness (QED) is 0.262. The van der Waals surface area contributed by atoms with E-state index in [0.29, 0.717) is 10.1 Å². The number of hydrogen-bond acceptors (Lipinski definition) is 4. The second-order valence-electron chi connectivity index (χ2n) is 9.62. The first-order chi connectivity index (χ1) is 18.8. The van der Waals surface area contributed by atoms with Crippen molar-refractivity contribution < 1.29 is 9.53 Å². The van der Waals surface area contributed by atoms with Crippen LogP contribution in [0, 0.1) is 20.8 Å². The van der Waals surface area contributed by atoms with Crippen LogP contribution in [0.25, 0.3) is 5.69 Å². The maximum Gasteiger partial charge on any atom is 0.250 e. The lowest BCUT2D eigenvalue weighted by atomic mass is 9.96. The molecular formula is C30H30ClN5O2S. The molecule has 2 aromatic carbocycles. The van der Waals surface area contributed by atoms with Crippen molar-refractivity contribution in [1.82, 2.24) is 14.9 Å². The standard InChI is InChI=1S/C30H30ClN5O2S/c1-18-14-23(11-12-25(18)33-27(37)17-38-4)36-29(28(34-30(36)39)26-10-5-6-13-32-26)24-15-19(2)35(20(24)3)22-9-7-8-21(31)16-22/h5-16,28-29H,17H2,1-4H3,(H,33,37)(H,34,39). The number of nitrogens with one attached hydrogen (secondary N) is 2. The van der Waals surface area contributed by atoms with Gasteiger partial charge in [0.15, 0.2) is 5.11 Å². The number of carbonyl (C=O) groups is 1. The average Bonchev–Trinajstić information content (AvgIpc) is 3.40. The van der Waals surface area contributed by atoms with Crippen LogP contribution in [0.5, 0.6) is 0 Å². The lowest BCUT2D eigenvalue weighted by molar-refractivity contribution is -0.119. The molecule has 2 aromatic heterocycles. The molecule has 0 saturated carbocycles. The fourth-order valence-electron chi connectivity index (χ4n) is 5.30. The van der Waals surface area contributed by atoms with Crippen LogP contribution in [-0.4, -0.2) is 34.3 Å². The van der Waals surface area contributed by atoms with Gasteiger partial charge in [-0.2, -0.15) is 0 Å². The lowest BCUT2D eigenvalue weighted by Crippen LogP contribution is -2.29. The first-order valence-electron chi connectivity index (χ1n) is 12.6. The number of hydrogen-bond donors (Lipinski definition) is 2. The zero-order valence-corrected chi connectivity index (χ0v) is 23.8. The topological polar surface area (TPSA) is 71.4 Å². The van der Waals surface area contributed by atoms with Gasteiger partial charge in [0.2, 0.25) is 5.91 Å². The second kappa shape index (κ2) is 11.2. The number of benzene rings is 2. The summed E-state index contributed by atoms with van der Waals surface area (Å²) in [6.45, 7) is 6.18. The van der Waals surface area contributed by atoms with E-state index in [1.807, 2.05) is 61.5 Å². The van der Waals surface area contributed by atoms with Gasteiger partial charge in [-0.1, -0.05) is 23.7 Å². The number of thiocarbonyl (C=S) groups is 1. The van der Waals surface area contributed by atoms with Gasteiger partial charge in [-0.25, -0.2) is 0 Å². The van der Waals surface area contributed by atoms with Crippen LogP contribution in [0.3, 0.4) is 0 Å². The monoisotopic (exact) mass is 559 g/mol. The smallest absolute Gasteiger partial charge is 0.250 e. The highest BCUT2D eigenvalue weighted by atomic mass is 35.5. The molecule has 0 spiro atoms. The summed E-state index contributed by atoms with van der Waals surface area (Å²) in [7, 11) is 1.50. The van der Waals surface area contributed by atoms with E-state index in [2.05, 4.69) is 51.1 Å². The molecule has 1 fully saturated rings. The molecule has 0 radical (unpaired) electrons. The van der Waals surface area contributed by atoms with Gasteiger partial charge in [-0.15, -0.1) is 0 Å². The summed E-state index contributed by atoms with van der Waals surface area (Å²) in [5.74, 6) is -0.201. The third-order valence-electron chi connectivity index (χ3n) is 6.99. The summed E-state index contributed by atoms with van der Waals surface area (Å²) in [5.41, 5.74) is 7.80. The van der Waals surface area contributed by atoms with E-state index in [-0.39, 0.29) is 24.6 Å². The number of rotatable bonds is 7. The van der Waals surface area contributed by atoms with Gasteiger partial charge in [0.25, 0.3) is 0 Å². The number of nitrogens with zero attached hydrogens (tertiary/aromatic N) is 3. The number of halogens is 1. The van der Waals surface area contributed by atoms with Crippen molar-refractivity contribution in [3.05, 3.63) is 106 Å². The minimum Gasteiger partial charge on any atom is -0.375 e. The normalized spacial score (nSPS) is 16.8. The highest BCUT2D eigenvalue weighted by Crippen LogP contribution is 2.44. The predicted octanol–water partition coefficient (Wildman–Crippen LogP) is 6.21. The Morgan fingerprint density at radius 3 is 2.59 bits per heavy atom. The van der Waals surface area contributed by atoms with Crippen molar-refractivity contribution in [3.8, 4) is 5.69 Å². The highest BCUT2D eigenvalue weighted by molar-refractivity contribution is 7.80. The van der Waals surface area contributed by atoms with Crippen LogP contribution < -0.4 is 15.5 Å². The second-order valence-corrected chi connectivity index (χ2v) is 10.4. The predicted molar refractivity (Wildman–Crippen MR) is 160 cm³/mol. The molecule has 5 rings (SSSR count). The third-order valence-corrected chi connectivity index (χ3v) is 7.54. The molecule has 9 heteroatoms. The summed E-state index contributed by atoms with van der Waals surface area (Å²) in [6, 6.07) is 21.6. The van der Waals surface area contributed by atoms with Crippen LogP contribution in [0.15, 0.2) is 72.9 Å². The first-order valence-corrected chi connectivity index (χ1v) is 13.4. The maximum atomic E-state index is 12.1. The summed E-state index contributed by atoms with van der Waals surface area (Å²) in [6.07, 6.45) is 1.80. The van der Waals surface area contributed by atoms with E-state index in [1.54, 1.807) is 6.20 Å². The zero-order valence-electron chi connectivity index (χ0n) is 22.2. The van der Waals surface area contributed by atoms with E-state index < -0.39 is 0 Å². The number of aryl methyl sites for hydroxylation is 2. The molecule has 1 aliphatic heterocycles. The van der Waals surface area contributed by atoms with Gasteiger partial charge in [0.1, 0.15) is 6.61 Å². The van der Waals surface area contributed by atoms with Gasteiger partial charge >= 0.3 is 0 Å². The summed E-state index contributed by atoms with van der Waals surface area (Å²) in [4.78, 5) is 18.9. The van der Waals surface area contributed by atoms with Crippen molar-refractivity contribution in [3.63, 3.8) is 0 Å². The number of ether oxygens (including phenoxy) is 1. The molecule has 2 atom stereocenters.